The SMILES string of the molecule is CCN(CC)OP(C)(=O)ON(CC)CC. The standard InChI is InChI=1S/C9H23N2O3P/c1-6-10(7-2)13-15(5,12)14-11(8-3)9-4/h6-9H2,1-5H3. The Morgan fingerprint density at radius 3 is 1.33 bits per heavy atom. The van der Waals surface area contributed by atoms with Crippen LogP contribution in [-0.4, -0.2) is 43.0 Å². The van der Waals surface area contributed by atoms with E-state index >= 15 is 0 Å². The fourth-order valence-corrected chi connectivity index (χ4v) is 2.44. The quantitative estimate of drug-likeness (QED) is 0.479. The molecular weight excluding hydrogens is 215 g/mol. The maximum Gasteiger partial charge on any atom is 0.360 e. The monoisotopic (exact) mass is 238 g/mol. The number of hydrogen-bond donors (Lipinski definition) is 0. The maximum absolute atomic E-state index is 11.9. The van der Waals surface area contributed by atoms with Crippen molar-refractivity contribution in [2.45, 2.75) is 27.7 Å². The number of hydroxylamine groups is 4. The van der Waals surface area contributed by atoms with E-state index in [2.05, 4.69) is 0 Å². The van der Waals surface area contributed by atoms with Gasteiger partial charge in [-0.05, 0) is 0 Å². The van der Waals surface area contributed by atoms with E-state index in [0.717, 1.165) is 0 Å². The molecule has 0 saturated carbocycles. The number of nitrogens with zero attached hydrogens (tertiary/aromatic N) is 2. The van der Waals surface area contributed by atoms with Crippen LogP contribution >= 0.6 is 7.60 Å². The van der Waals surface area contributed by atoms with Gasteiger partial charge in [0.05, 0.1) is 0 Å². The Bertz CT molecular complexity index is 188. The predicted octanol–water partition coefficient (Wildman–Crippen LogP) is 2.36. The van der Waals surface area contributed by atoms with Gasteiger partial charge in [0.1, 0.15) is 0 Å². The van der Waals surface area contributed by atoms with Gasteiger partial charge in [-0.2, -0.15) is 10.1 Å². The molecule has 0 aliphatic rings. The van der Waals surface area contributed by atoms with E-state index in [0.29, 0.717) is 26.2 Å². The third kappa shape index (κ3) is 6.28. The van der Waals surface area contributed by atoms with Gasteiger partial charge in [0.25, 0.3) is 0 Å². The van der Waals surface area contributed by atoms with E-state index < -0.39 is 7.60 Å². The highest BCUT2D eigenvalue weighted by Gasteiger charge is 2.23. The molecule has 0 N–H and O–H groups in total. The summed E-state index contributed by atoms with van der Waals surface area (Å²) in [6.07, 6.45) is 0. The smallest absolute Gasteiger partial charge is 0.257 e. The molecule has 6 heteroatoms. The Labute approximate surface area is 92.8 Å². The zero-order chi connectivity index (χ0) is 11.9. The van der Waals surface area contributed by atoms with Crippen LogP contribution in [0.25, 0.3) is 0 Å². The summed E-state index contributed by atoms with van der Waals surface area (Å²) in [6.45, 7) is 12.0. The molecule has 0 aliphatic heterocycles. The van der Waals surface area contributed by atoms with Gasteiger partial charge in [-0.15, -0.1) is 0 Å². The van der Waals surface area contributed by atoms with Crippen LogP contribution in [0.15, 0.2) is 0 Å². The Morgan fingerprint density at radius 1 is 0.867 bits per heavy atom. The summed E-state index contributed by atoms with van der Waals surface area (Å²) in [5.41, 5.74) is 0. The second-order valence-corrected chi connectivity index (χ2v) is 5.03. The zero-order valence-electron chi connectivity index (χ0n) is 10.4. The molecular formula is C9H23N2O3P. The van der Waals surface area contributed by atoms with Gasteiger partial charge in [-0.1, -0.05) is 27.7 Å². The Kier molecular flexibility index (Phi) is 7.40. The normalized spacial score (nSPS) is 12.7. The summed E-state index contributed by atoms with van der Waals surface area (Å²) in [6, 6.07) is 0. The number of hydrogen-bond acceptors (Lipinski definition) is 5. The van der Waals surface area contributed by atoms with Crippen LogP contribution < -0.4 is 0 Å². The molecule has 0 atom stereocenters. The molecule has 92 valence electrons. The van der Waals surface area contributed by atoms with Crippen molar-refractivity contribution in [2.24, 2.45) is 0 Å². The molecule has 0 saturated heterocycles. The van der Waals surface area contributed by atoms with Crippen molar-refractivity contribution >= 4 is 7.60 Å². The largest absolute Gasteiger partial charge is 0.360 e. The van der Waals surface area contributed by atoms with Gasteiger partial charge in [-0.3, -0.25) is 4.57 Å². The lowest BCUT2D eigenvalue weighted by atomic mass is 10.6. The van der Waals surface area contributed by atoms with E-state index in [1.807, 2.05) is 27.7 Å². The molecule has 15 heavy (non-hydrogen) atoms. The van der Waals surface area contributed by atoms with Crippen LogP contribution in [0.2, 0.25) is 0 Å². The van der Waals surface area contributed by atoms with Crippen molar-refractivity contribution in [2.75, 3.05) is 32.8 Å². The van der Waals surface area contributed by atoms with Crippen molar-refractivity contribution < 1.29 is 13.8 Å². The fourth-order valence-electron chi connectivity index (χ4n) is 1.11. The molecule has 0 radical (unpaired) electrons. The minimum atomic E-state index is -3.02. The number of rotatable bonds is 8. The van der Waals surface area contributed by atoms with Crippen LogP contribution in [0.4, 0.5) is 0 Å². The minimum Gasteiger partial charge on any atom is -0.257 e. The predicted molar refractivity (Wildman–Crippen MR) is 61.5 cm³/mol. The van der Waals surface area contributed by atoms with Crippen molar-refractivity contribution in [3.63, 3.8) is 0 Å². The zero-order valence-corrected chi connectivity index (χ0v) is 11.3. The first-order valence-corrected chi connectivity index (χ1v) is 7.44. The first-order valence-electron chi connectivity index (χ1n) is 5.45. The molecule has 0 unspecified atom stereocenters. The summed E-state index contributed by atoms with van der Waals surface area (Å²) in [4.78, 5) is 0. The highest BCUT2D eigenvalue weighted by Crippen LogP contribution is 2.45. The molecule has 0 aromatic heterocycles. The summed E-state index contributed by atoms with van der Waals surface area (Å²) in [5.74, 6) is 0. The molecule has 0 aromatic carbocycles. The van der Waals surface area contributed by atoms with Gasteiger partial charge in [-0.25, -0.2) is 9.25 Å². The van der Waals surface area contributed by atoms with Crippen LogP contribution in [0, 0.1) is 0 Å². The Hall–Kier alpha value is 0.0700. The van der Waals surface area contributed by atoms with Gasteiger partial charge in [0.15, 0.2) is 0 Å². The van der Waals surface area contributed by atoms with E-state index in [1.54, 1.807) is 10.1 Å². The van der Waals surface area contributed by atoms with Gasteiger partial charge in [0, 0.05) is 32.8 Å². The Morgan fingerprint density at radius 2 is 1.13 bits per heavy atom. The van der Waals surface area contributed by atoms with Crippen molar-refractivity contribution in [1.29, 1.82) is 0 Å². The van der Waals surface area contributed by atoms with Crippen LogP contribution in [0.3, 0.4) is 0 Å². The molecule has 5 nitrogen and oxygen atoms in total. The molecule has 0 bridgehead atoms. The third-order valence-electron chi connectivity index (χ3n) is 1.94. The van der Waals surface area contributed by atoms with Crippen molar-refractivity contribution in [3.8, 4) is 0 Å². The maximum atomic E-state index is 11.9. The summed E-state index contributed by atoms with van der Waals surface area (Å²) < 4.78 is 22.5. The molecule has 0 fully saturated rings. The first-order chi connectivity index (χ1) is 6.99. The third-order valence-corrected chi connectivity index (χ3v) is 2.99. The summed E-state index contributed by atoms with van der Waals surface area (Å²) in [5, 5.41) is 3.26. The summed E-state index contributed by atoms with van der Waals surface area (Å²) >= 11 is 0. The molecule has 0 heterocycles. The van der Waals surface area contributed by atoms with E-state index in [9.17, 15) is 4.57 Å². The van der Waals surface area contributed by atoms with Gasteiger partial charge in [0.2, 0.25) is 0 Å². The highest BCUT2D eigenvalue weighted by atomic mass is 31.2. The molecule has 0 amide bonds. The van der Waals surface area contributed by atoms with E-state index in [1.165, 1.54) is 6.66 Å². The van der Waals surface area contributed by atoms with E-state index in [-0.39, 0.29) is 0 Å². The second kappa shape index (κ2) is 7.36. The lowest BCUT2D eigenvalue weighted by Gasteiger charge is -2.26. The topological polar surface area (TPSA) is 42.0 Å². The second-order valence-electron chi connectivity index (χ2n) is 3.16. The molecule has 0 rings (SSSR count). The van der Waals surface area contributed by atoms with Crippen LogP contribution in [0.5, 0.6) is 0 Å². The van der Waals surface area contributed by atoms with Crippen molar-refractivity contribution in [1.82, 2.24) is 10.1 Å². The average molecular weight is 238 g/mol. The van der Waals surface area contributed by atoms with Gasteiger partial charge >= 0.3 is 7.60 Å². The lowest BCUT2D eigenvalue weighted by Crippen LogP contribution is -2.26. The first kappa shape index (κ1) is 15.1. The van der Waals surface area contributed by atoms with E-state index in [4.69, 9.17) is 9.25 Å². The highest BCUT2D eigenvalue weighted by molar-refractivity contribution is 7.52. The average Bonchev–Trinajstić information content (AvgIpc) is 2.22. The van der Waals surface area contributed by atoms with Crippen LogP contribution in [-0.2, 0) is 13.8 Å². The molecule has 0 aromatic rings. The van der Waals surface area contributed by atoms with Gasteiger partial charge < -0.3 is 0 Å². The van der Waals surface area contributed by atoms with Crippen molar-refractivity contribution in [3.05, 3.63) is 0 Å². The molecule has 0 aliphatic carbocycles. The fraction of sp³-hybridized carbons (Fsp3) is 1.00. The van der Waals surface area contributed by atoms with Crippen LogP contribution in [0.1, 0.15) is 27.7 Å². The Balaban J connectivity index is 4.21. The molecule has 0 spiro atoms. The minimum absolute atomic E-state index is 0.690. The lowest BCUT2D eigenvalue weighted by molar-refractivity contribution is -0.114. The summed E-state index contributed by atoms with van der Waals surface area (Å²) in [7, 11) is -3.02.